The lowest BCUT2D eigenvalue weighted by Gasteiger charge is -2.31. The molecule has 1 aliphatic heterocycles. The van der Waals surface area contributed by atoms with Crippen LogP contribution in [0.25, 0.3) is 10.9 Å². The van der Waals surface area contributed by atoms with Crippen LogP contribution in [0.15, 0.2) is 34.2 Å². The molecule has 0 radical (unpaired) electrons. The number of alkyl halides is 2. The van der Waals surface area contributed by atoms with Gasteiger partial charge in [-0.05, 0) is 44.5 Å². The topological polar surface area (TPSA) is 100.0 Å². The van der Waals surface area contributed by atoms with E-state index in [-0.39, 0.29) is 12.4 Å². The number of anilines is 1. The standard InChI is InChI=1S/C22H26ClF2N7O/c1-14-11-28-20(29-13-22(24,25)19-4-2-3-7-27-19)21(33)32(14)9-8-26-12-18-16-10-15(23)5-6-17(16)30-31-18/h5-6,8,10-11,19,27H,2-4,7,9,12-13H2,1H3,(H,28,29)(H,30,31). The van der Waals surface area contributed by atoms with Gasteiger partial charge in [-0.25, -0.2) is 13.8 Å². The summed E-state index contributed by atoms with van der Waals surface area (Å²) in [5.41, 5.74) is 1.74. The SMILES string of the molecule is Cc1cnc(NCC(F)(F)C2CCCCN2)c(=O)n1CC=NCc1[nH]nc2ccc(Cl)cc12. The van der Waals surface area contributed by atoms with E-state index in [0.717, 1.165) is 29.4 Å². The number of nitrogens with one attached hydrogen (secondary N) is 3. The van der Waals surface area contributed by atoms with Crippen molar-refractivity contribution in [2.45, 2.75) is 51.2 Å². The number of hydrogen-bond donors (Lipinski definition) is 3. The number of aromatic amines is 1. The van der Waals surface area contributed by atoms with E-state index >= 15 is 0 Å². The zero-order valence-corrected chi connectivity index (χ0v) is 19.0. The first-order chi connectivity index (χ1) is 15.8. The lowest BCUT2D eigenvalue weighted by Crippen LogP contribution is -2.51. The van der Waals surface area contributed by atoms with Gasteiger partial charge in [-0.3, -0.25) is 14.9 Å². The monoisotopic (exact) mass is 477 g/mol. The maximum atomic E-state index is 14.5. The fourth-order valence-electron chi connectivity index (χ4n) is 3.91. The molecule has 0 spiro atoms. The number of aliphatic imine (C=N–C) groups is 1. The molecular formula is C22H26ClF2N7O. The first-order valence-corrected chi connectivity index (χ1v) is 11.3. The Bertz CT molecular complexity index is 1200. The van der Waals surface area contributed by atoms with Crippen LogP contribution in [-0.2, 0) is 13.1 Å². The summed E-state index contributed by atoms with van der Waals surface area (Å²) in [5, 5.41) is 14.1. The molecule has 0 aliphatic carbocycles. The molecule has 1 aromatic carbocycles. The Balaban J connectivity index is 1.41. The van der Waals surface area contributed by atoms with Gasteiger partial charge in [0.25, 0.3) is 11.5 Å². The summed E-state index contributed by atoms with van der Waals surface area (Å²) in [6.45, 7) is 2.18. The van der Waals surface area contributed by atoms with Crippen molar-refractivity contribution in [3.8, 4) is 0 Å². The number of H-pyrrole nitrogens is 1. The quantitative estimate of drug-likeness (QED) is 0.431. The Kier molecular flexibility index (Phi) is 7.04. The van der Waals surface area contributed by atoms with Gasteiger partial charge in [-0.15, -0.1) is 0 Å². The molecule has 1 fully saturated rings. The normalized spacial score (nSPS) is 17.2. The predicted octanol–water partition coefficient (Wildman–Crippen LogP) is 3.54. The highest BCUT2D eigenvalue weighted by atomic mass is 35.5. The van der Waals surface area contributed by atoms with Crippen molar-refractivity contribution in [3.63, 3.8) is 0 Å². The second-order valence-corrected chi connectivity index (χ2v) is 8.60. The van der Waals surface area contributed by atoms with Gasteiger partial charge in [0.1, 0.15) is 0 Å². The van der Waals surface area contributed by atoms with Crippen molar-refractivity contribution in [1.82, 2.24) is 25.1 Å². The Hall–Kier alpha value is -2.85. The number of piperidine rings is 1. The van der Waals surface area contributed by atoms with E-state index in [1.807, 2.05) is 12.1 Å². The average molecular weight is 478 g/mol. The highest BCUT2D eigenvalue weighted by Crippen LogP contribution is 2.25. The third kappa shape index (κ3) is 5.39. The molecule has 1 atom stereocenters. The molecule has 33 heavy (non-hydrogen) atoms. The molecule has 8 nitrogen and oxygen atoms in total. The second kappa shape index (κ2) is 9.96. The highest BCUT2D eigenvalue weighted by molar-refractivity contribution is 6.31. The number of hydrogen-bond acceptors (Lipinski definition) is 6. The van der Waals surface area contributed by atoms with Crippen LogP contribution in [0.4, 0.5) is 14.6 Å². The molecule has 0 saturated carbocycles. The van der Waals surface area contributed by atoms with Crippen LogP contribution in [-0.4, -0.2) is 51.0 Å². The summed E-state index contributed by atoms with van der Waals surface area (Å²) in [7, 11) is 0. The van der Waals surface area contributed by atoms with E-state index in [2.05, 4.69) is 30.8 Å². The van der Waals surface area contributed by atoms with Crippen LogP contribution in [0.2, 0.25) is 5.02 Å². The Morgan fingerprint density at radius 2 is 2.24 bits per heavy atom. The lowest BCUT2D eigenvalue weighted by molar-refractivity contribution is -0.0319. The number of nitrogens with zero attached hydrogens (tertiary/aromatic N) is 4. The predicted molar refractivity (Wildman–Crippen MR) is 126 cm³/mol. The van der Waals surface area contributed by atoms with Crippen molar-refractivity contribution in [2.75, 3.05) is 18.4 Å². The van der Waals surface area contributed by atoms with Gasteiger partial charge < -0.3 is 15.2 Å². The summed E-state index contributed by atoms with van der Waals surface area (Å²) >= 11 is 6.06. The van der Waals surface area contributed by atoms with E-state index < -0.39 is 24.1 Å². The van der Waals surface area contributed by atoms with Gasteiger partial charge in [0.2, 0.25) is 0 Å². The van der Waals surface area contributed by atoms with Gasteiger partial charge in [0.15, 0.2) is 5.82 Å². The number of fused-ring (bicyclic) bond motifs is 1. The summed E-state index contributed by atoms with van der Waals surface area (Å²) in [6.07, 6.45) is 5.17. The molecule has 3 heterocycles. The van der Waals surface area contributed by atoms with Crippen LogP contribution < -0.4 is 16.2 Å². The third-order valence-corrected chi connectivity index (χ3v) is 6.04. The number of halogens is 3. The van der Waals surface area contributed by atoms with Crippen LogP contribution >= 0.6 is 11.6 Å². The average Bonchev–Trinajstić information content (AvgIpc) is 3.20. The molecule has 1 unspecified atom stereocenters. The Morgan fingerprint density at radius 3 is 3.03 bits per heavy atom. The Morgan fingerprint density at radius 1 is 1.39 bits per heavy atom. The number of benzene rings is 1. The number of aromatic nitrogens is 4. The maximum absolute atomic E-state index is 14.5. The molecule has 2 aromatic heterocycles. The minimum absolute atomic E-state index is 0.0984. The van der Waals surface area contributed by atoms with Gasteiger partial charge in [0.05, 0.1) is 36.9 Å². The van der Waals surface area contributed by atoms with Crippen LogP contribution in [0.5, 0.6) is 0 Å². The third-order valence-electron chi connectivity index (χ3n) is 5.80. The van der Waals surface area contributed by atoms with E-state index in [9.17, 15) is 13.6 Å². The molecule has 0 bridgehead atoms. The van der Waals surface area contributed by atoms with Gasteiger partial charge in [-0.2, -0.15) is 5.10 Å². The summed E-state index contributed by atoms with van der Waals surface area (Å²) < 4.78 is 30.5. The molecule has 11 heteroatoms. The maximum Gasteiger partial charge on any atom is 0.293 e. The van der Waals surface area contributed by atoms with Crippen molar-refractivity contribution < 1.29 is 8.78 Å². The van der Waals surface area contributed by atoms with Crippen LogP contribution in [0.1, 0.15) is 30.7 Å². The zero-order chi connectivity index (χ0) is 23.4. The smallest absolute Gasteiger partial charge is 0.293 e. The molecule has 1 saturated heterocycles. The second-order valence-electron chi connectivity index (χ2n) is 8.17. The minimum Gasteiger partial charge on any atom is -0.359 e. The molecular weight excluding hydrogens is 452 g/mol. The number of aryl methyl sites for hydroxylation is 1. The van der Waals surface area contributed by atoms with Crippen molar-refractivity contribution in [2.24, 2.45) is 4.99 Å². The molecule has 176 valence electrons. The van der Waals surface area contributed by atoms with E-state index in [1.165, 1.54) is 10.8 Å². The van der Waals surface area contributed by atoms with Gasteiger partial charge >= 0.3 is 0 Å². The molecule has 0 amide bonds. The summed E-state index contributed by atoms with van der Waals surface area (Å²) in [5.74, 6) is -3.08. The van der Waals surface area contributed by atoms with E-state index in [1.54, 1.807) is 19.2 Å². The number of rotatable bonds is 8. The molecule has 3 N–H and O–H groups in total. The van der Waals surface area contributed by atoms with Crippen molar-refractivity contribution >= 4 is 34.5 Å². The fraction of sp³-hybridized carbons (Fsp3) is 0.455. The van der Waals surface area contributed by atoms with E-state index in [4.69, 9.17) is 11.6 Å². The molecule has 3 aromatic rings. The highest BCUT2D eigenvalue weighted by Gasteiger charge is 2.40. The van der Waals surface area contributed by atoms with Crippen molar-refractivity contribution in [1.29, 1.82) is 0 Å². The van der Waals surface area contributed by atoms with Gasteiger partial charge in [-0.1, -0.05) is 18.0 Å². The molecule has 1 aliphatic rings. The fourth-order valence-corrected chi connectivity index (χ4v) is 4.08. The Labute approximate surface area is 194 Å². The first-order valence-electron chi connectivity index (χ1n) is 10.9. The lowest BCUT2D eigenvalue weighted by atomic mass is 9.99. The largest absolute Gasteiger partial charge is 0.359 e. The summed E-state index contributed by atoms with van der Waals surface area (Å²) in [6, 6.07) is 4.51. The van der Waals surface area contributed by atoms with E-state index in [0.29, 0.717) is 30.2 Å². The minimum atomic E-state index is -2.98. The first kappa shape index (κ1) is 23.3. The van der Waals surface area contributed by atoms with Crippen LogP contribution in [0.3, 0.4) is 0 Å². The summed E-state index contributed by atoms with van der Waals surface area (Å²) in [4.78, 5) is 21.2. The van der Waals surface area contributed by atoms with Crippen molar-refractivity contribution in [3.05, 3.63) is 51.2 Å². The van der Waals surface area contributed by atoms with Crippen LogP contribution in [0, 0.1) is 6.92 Å². The molecule has 4 rings (SSSR count). The van der Waals surface area contributed by atoms with Gasteiger partial charge in [0, 0.05) is 28.5 Å². The zero-order valence-electron chi connectivity index (χ0n) is 18.2.